The minimum absolute atomic E-state index is 0.0186. The van der Waals surface area contributed by atoms with Gasteiger partial charge < -0.3 is 9.84 Å². The first-order valence-corrected chi connectivity index (χ1v) is 9.40. The van der Waals surface area contributed by atoms with Gasteiger partial charge in [-0.3, -0.25) is 4.79 Å². The quantitative estimate of drug-likeness (QED) is 0.549. The van der Waals surface area contributed by atoms with Gasteiger partial charge >= 0.3 is 0 Å². The third-order valence-electron chi connectivity index (χ3n) is 3.77. The van der Waals surface area contributed by atoms with Crippen LogP contribution in [-0.2, 0) is 14.8 Å². The number of phenols is 1. The predicted octanol–water partition coefficient (Wildman–Crippen LogP) is 1.48. The molecule has 144 valence electrons. The Labute approximate surface area is 158 Å². The number of hydrogen-bond donors (Lipinski definition) is 2. The van der Waals surface area contributed by atoms with E-state index in [4.69, 9.17) is 4.74 Å². The molecule has 1 amide bonds. The van der Waals surface area contributed by atoms with E-state index in [-0.39, 0.29) is 10.6 Å². The Morgan fingerprint density at radius 2 is 2.00 bits per heavy atom. The summed E-state index contributed by atoms with van der Waals surface area (Å²) in [5.74, 6) is -0.0177. The third-order valence-corrected chi connectivity index (χ3v) is 5.57. The summed E-state index contributed by atoms with van der Waals surface area (Å²) in [6, 6.07) is 10.9. The van der Waals surface area contributed by atoms with E-state index in [1.54, 1.807) is 31.2 Å². The summed E-state index contributed by atoms with van der Waals surface area (Å²) in [5, 5.41) is 13.3. The molecule has 0 radical (unpaired) electrons. The molecule has 2 aromatic rings. The maximum absolute atomic E-state index is 12.6. The Kier molecular flexibility index (Phi) is 6.54. The number of aryl methyl sites for hydroxylation is 1. The molecule has 0 heterocycles. The Morgan fingerprint density at radius 1 is 1.30 bits per heavy atom. The largest absolute Gasteiger partial charge is 0.507 e. The van der Waals surface area contributed by atoms with Crippen molar-refractivity contribution >= 4 is 22.1 Å². The van der Waals surface area contributed by atoms with Crippen LogP contribution in [0, 0.1) is 6.92 Å². The fourth-order valence-electron chi connectivity index (χ4n) is 2.28. The predicted molar refractivity (Wildman–Crippen MR) is 101 cm³/mol. The van der Waals surface area contributed by atoms with Gasteiger partial charge in [-0.05, 0) is 42.8 Å². The Hall–Kier alpha value is -2.91. The van der Waals surface area contributed by atoms with E-state index in [0.29, 0.717) is 16.9 Å². The number of carbonyl (C=O) groups excluding carboxylic acids is 1. The van der Waals surface area contributed by atoms with Crippen LogP contribution in [0.25, 0.3) is 0 Å². The number of amides is 1. The van der Waals surface area contributed by atoms with Crippen LogP contribution in [0.1, 0.15) is 11.1 Å². The maximum Gasteiger partial charge on any atom is 0.255 e. The summed E-state index contributed by atoms with van der Waals surface area (Å²) < 4.78 is 31.2. The molecule has 0 aliphatic heterocycles. The third kappa shape index (κ3) is 5.05. The van der Waals surface area contributed by atoms with Crippen LogP contribution >= 0.6 is 0 Å². The number of phenolic OH excluding ortho intramolecular Hbond substituents is 1. The first kappa shape index (κ1) is 20.4. The first-order valence-electron chi connectivity index (χ1n) is 7.96. The van der Waals surface area contributed by atoms with Crippen LogP contribution < -0.4 is 10.2 Å². The number of hydrazone groups is 1. The number of sulfonamides is 1. The molecule has 27 heavy (non-hydrogen) atoms. The van der Waals surface area contributed by atoms with E-state index in [2.05, 4.69) is 10.5 Å². The average Bonchev–Trinajstić information content (AvgIpc) is 2.63. The molecule has 9 heteroatoms. The molecule has 0 bridgehead atoms. The van der Waals surface area contributed by atoms with Crippen LogP contribution in [0.4, 0.5) is 0 Å². The SMILES string of the molecule is COc1ccc(S(=O)(=O)N(C)CC(=O)N/N=C/c2ccccc2O)cc1C. The van der Waals surface area contributed by atoms with Crippen LogP contribution in [0.5, 0.6) is 11.5 Å². The topological polar surface area (TPSA) is 108 Å². The summed E-state index contributed by atoms with van der Waals surface area (Å²) in [5.41, 5.74) is 3.33. The number of benzene rings is 2. The van der Waals surface area contributed by atoms with E-state index in [1.165, 1.54) is 38.6 Å². The van der Waals surface area contributed by atoms with E-state index < -0.39 is 22.5 Å². The second-order valence-electron chi connectivity index (χ2n) is 5.74. The number of aromatic hydroxyl groups is 1. The van der Waals surface area contributed by atoms with Crippen molar-refractivity contribution in [2.75, 3.05) is 20.7 Å². The molecule has 0 unspecified atom stereocenters. The molecule has 8 nitrogen and oxygen atoms in total. The van der Waals surface area contributed by atoms with Gasteiger partial charge in [0, 0.05) is 12.6 Å². The number of carbonyl (C=O) groups is 1. The summed E-state index contributed by atoms with van der Waals surface area (Å²) >= 11 is 0. The zero-order valence-corrected chi connectivity index (χ0v) is 16.0. The lowest BCUT2D eigenvalue weighted by Crippen LogP contribution is -2.36. The molecule has 0 saturated carbocycles. The number of methoxy groups -OCH3 is 1. The van der Waals surface area contributed by atoms with Crippen LogP contribution in [0.2, 0.25) is 0 Å². The molecule has 2 rings (SSSR count). The van der Waals surface area contributed by atoms with E-state index in [1.807, 2.05) is 0 Å². The van der Waals surface area contributed by atoms with Gasteiger partial charge in [-0.1, -0.05) is 12.1 Å². The molecule has 0 spiro atoms. The fraction of sp³-hybridized carbons (Fsp3) is 0.222. The number of para-hydroxylation sites is 1. The highest BCUT2D eigenvalue weighted by Crippen LogP contribution is 2.23. The number of ether oxygens (including phenoxy) is 1. The molecule has 0 atom stereocenters. The van der Waals surface area contributed by atoms with Crippen molar-refractivity contribution in [3.8, 4) is 11.5 Å². The number of hydrogen-bond acceptors (Lipinski definition) is 6. The Morgan fingerprint density at radius 3 is 2.63 bits per heavy atom. The minimum atomic E-state index is -3.84. The Balaban J connectivity index is 2.02. The number of nitrogens with one attached hydrogen (secondary N) is 1. The minimum Gasteiger partial charge on any atom is -0.507 e. The van der Waals surface area contributed by atoms with E-state index >= 15 is 0 Å². The van der Waals surface area contributed by atoms with Crippen molar-refractivity contribution in [1.29, 1.82) is 0 Å². The normalized spacial score (nSPS) is 11.7. The molecule has 0 aliphatic carbocycles. The van der Waals surface area contributed by atoms with Gasteiger partial charge in [0.05, 0.1) is 24.8 Å². The van der Waals surface area contributed by atoms with Gasteiger partial charge in [0.1, 0.15) is 11.5 Å². The van der Waals surface area contributed by atoms with Gasteiger partial charge in [0.25, 0.3) is 5.91 Å². The molecular weight excluding hydrogens is 370 g/mol. The lowest BCUT2D eigenvalue weighted by Gasteiger charge is -2.17. The van der Waals surface area contributed by atoms with E-state index in [0.717, 1.165) is 4.31 Å². The Bertz CT molecular complexity index is 957. The summed E-state index contributed by atoms with van der Waals surface area (Å²) in [4.78, 5) is 12.0. The standard InChI is InChI=1S/C18H21N3O5S/c1-13-10-15(8-9-17(13)26-3)27(24,25)21(2)12-18(23)20-19-11-14-6-4-5-7-16(14)22/h4-11,22H,12H2,1-3H3,(H,20,23)/b19-11+. The highest BCUT2D eigenvalue weighted by Gasteiger charge is 2.23. The molecule has 0 aliphatic rings. The zero-order chi connectivity index (χ0) is 20.0. The van der Waals surface area contributed by atoms with Gasteiger partial charge in [-0.2, -0.15) is 9.41 Å². The van der Waals surface area contributed by atoms with Crippen LogP contribution in [0.3, 0.4) is 0 Å². The highest BCUT2D eigenvalue weighted by molar-refractivity contribution is 7.89. The van der Waals surface area contributed by atoms with Crippen LogP contribution in [-0.4, -0.2) is 50.7 Å². The van der Waals surface area contributed by atoms with Gasteiger partial charge in [-0.25, -0.2) is 13.8 Å². The van der Waals surface area contributed by atoms with Crippen molar-refractivity contribution in [2.45, 2.75) is 11.8 Å². The van der Waals surface area contributed by atoms with Gasteiger partial charge in [0.15, 0.2) is 0 Å². The maximum atomic E-state index is 12.6. The average molecular weight is 391 g/mol. The second-order valence-corrected chi connectivity index (χ2v) is 7.79. The fourth-order valence-corrected chi connectivity index (χ4v) is 3.50. The summed E-state index contributed by atoms with van der Waals surface area (Å²) in [6.07, 6.45) is 1.27. The monoisotopic (exact) mass is 391 g/mol. The van der Waals surface area contributed by atoms with Crippen molar-refractivity contribution in [3.05, 3.63) is 53.6 Å². The number of rotatable bonds is 7. The zero-order valence-electron chi connectivity index (χ0n) is 15.2. The van der Waals surface area contributed by atoms with Crippen molar-refractivity contribution < 1.29 is 23.1 Å². The van der Waals surface area contributed by atoms with Crippen LogP contribution in [0.15, 0.2) is 52.5 Å². The molecule has 0 aromatic heterocycles. The molecule has 2 aromatic carbocycles. The smallest absolute Gasteiger partial charge is 0.255 e. The van der Waals surface area contributed by atoms with Gasteiger partial charge in [-0.15, -0.1) is 0 Å². The molecule has 0 saturated heterocycles. The lowest BCUT2D eigenvalue weighted by atomic mass is 10.2. The van der Waals surface area contributed by atoms with Gasteiger partial charge in [0.2, 0.25) is 10.0 Å². The highest BCUT2D eigenvalue weighted by atomic mass is 32.2. The first-order chi connectivity index (χ1) is 12.8. The lowest BCUT2D eigenvalue weighted by molar-refractivity contribution is -0.121. The van der Waals surface area contributed by atoms with E-state index in [9.17, 15) is 18.3 Å². The molecule has 2 N–H and O–H groups in total. The summed E-state index contributed by atoms with van der Waals surface area (Å²) in [6.45, 7) is 1.32. The molecular formula is C18H21N3O5S. The van der Waals surface area contributed by atoms with Crippen molar-refractivity contribution in [2.24, 2.45) is 5.10 Å². The van der Waals surface area contributed by atoms with Crippen molar-refractivity contribution in [3.63, 3.8) is 0 Å². The number of nitrogens with zero attached hydrogens (tertiary/aromatic N) is 2. The second kappa shape index (κ2) is 8.65. The number of likely N-dealkylation sites (N-methyl/N-ethyl adjacent to an activating group) is 1. The summed E-state index contributed by atoms with van der Waals surface area (Å²) in [7, 11) is -1.03. The molecule has 0 fully saturated rings. The van der Waals surface area contributed by atoms with Crippen molar-refractivity contribution in [1.82, 2.24) is 9.73 Å².